The second-order valence-corrected chi connectivity index (χ2v) is 6.97. The van der Waals surface area contributed by atoms with Gasteiger partial charge in [0.05, 0.1) is 13.1 Å². The van der Waals surface area contributed by atoms with E-state index in [0.717, 1.165) is 17.8 Å². The van der Waals surface area contributed by atoms with E-state index < -0.39 is 6.61 Å². The van der Waals surface area contributed by atoms with Crippen LogP contribution in [0.25, 0.3) is 0 Å². The van der Waals surface area contributed by atoms with Crippen molar-refractivity contribution in [3.8, 4) is 5.75 Å². The summed E-state index contributed by atoms with van der Waals surface area (Å²) in [4.78, 5) is 18.2. The van der Waals surface area contributed by atoms with Crippen LogP contribution in [0.4, 0.5) is 14.5 Å². The predicted molar refractivity (Wildman–Crippen MR) is 132 cm³/mol. The molecular weight excluding hydrogens is 531 g/mol. The summed E-state index contributed by atoms with van der Waals surface area (Å²) in [6.45, 7) is 2.29. The minimum atomic E-state index is -2.87. The van der Waals surface area contributed by atoms with Gasteiger partial charge in [-0.3, -0.25) is 4.79 Å². The Balaban J connectivity index is 0.00000363. The zero-order valence-corrected chi connectivity index (χ0v) is 20.1. The number of anilines is 1. The molecule has 174 valence electrons. The smallest absolute Gasteiger partial charge is 0.387 e. The van der Waals surface area contributed by atoms with Gasteiger partial charge in [-0.2, -0.15) is 8.78 Å². The molecule has 10 heteroatoms. The van der Waals surface area contributed by atoms with E-state index in [-0.39, 0.29) is 35.6 Å². The molecule has 0 atom stereocenters. The second-order valence-electron chi connectivity index (χ2n) is 6.97. The number of ether oxygens (including phenoxy) is 1. The minimum absolute atomic E-state index is 0. The zero-order chi connectivity index (χ0) is 22.1. The molecule has 0 spiro atoms. The van der Waals surface area contributed by atoms with Gasteiger partial charge in [-0.15, -0.1) is 24.0 Å². The largest absolute Gasteiger partial charge is 0.434 e. The Labute approximate surface area is 203 Å². The first-order chi connectivity index (χ1) is 15.0. The van der Waals surface area contributed by atoms with E-state index in [4.69, 9.17) is 0 Å². The van der Waals surface area contributed by atoms with Gasteiger partial charge < -0.3 is 25.6 Å². The number of hydrogen-bond acceptors (Lipinski definition) is 4. The van der Waals surface area contributed by atoms with Gasteiger partial charge in [0.2, 0.25) is 5.91 Å². The molecule has 1 aliphatic heterocycles. The Morgan fingerprint density at radius 3 is 2.62 bits per heavy atom. The third-order valence-electron chi connectivity index (χ3n) is 4.74. The highest BCUT2D eigenvalue weighted by Crippen LogP contribution is 2.20. The average molecular weight is 559 g/mol. The van der Waals surface area contributed by atoms with Crippen LogP contribution in [0.3, 0.4) is 0 Å². The van der Waals surface area contributed by atoms with Crippen molar-refractivity contribution >= 4 is 41.5 Å². The fourth-order valence-corrected chi connectivity index (χ4v) is 3.22. The molecule has 3 rings (SSSR count). The van der Waals surface area contributed by atoms with Crippen LogP contribution in [0.15, 0.2) is 53.5 Å². The topological polar surface area (TPSA) is 78.0 Å². The number of hydrogen-bond donors (Lipinski definition) is 3. The first-order valence-electron chi connectivity index (χ1n) is 10.2. The lowest BCUT2D eigenvalue weighted by atomic mass is 10.2. The van der Waals surface area contributed by atoms with Crippen molar-refractivity contribution in [2.75, 3.05) is 31.1 Å². The van der Waals surface area contributed by atoms with Crippen molar-refractivity contribution in [1.82, 2.24) is 16.0 Å². The number of benzene rings is 2. The van der Waals surface area contributed by atoms with Gasteiger partial charge in [0, 0.05) is 37.4 Å². The van der Waals surface area contributed by atoms with Gasteiger partial charge in [-0.05, 0) is 30.7 Å². The quantitative estimate of drug-likeness (QED) is 0.264. The Bertz CT molecular complexity index is 896. The van der Waals surface area contributed by atoms with E-state index in [1.165, 1.54) is 6.07 Å². The molecule has 1 saturated heterocycles. The number of carbonyl (C=O) groups is 1. The molecule has 7 nitrogen and oxygen atoms in total. The SMILES string of the molecule is CCNC(=NCc1ccc(N2CCNC(=O)C2)cc1)NCc1ccccc1OC(F)F.I. The van der Waals surface area contributed by atoms with Gasteiger partial charge in [0.15, 0.2) is 5.96 Å². The van der Waals surface area contributed by atoms with Crippen LogP contribution in [0.5, 0.6) is 5.75 Å². The lowest BCUT2D eigenvalue weighted by molar-refractivity contribution is -0.120. The highest BCUT2D eigenvalue weighted by molar-refractivity contribution is 14.0. The number of alkyl halides is 2. The molecule has 1 amide bonds. The van der Waals surface area contributed by atoms with Gasteiger partial charge >= 0.3 is 6.61 Å². The fourth-order valence-electron chi connectivity index (χ4n) is 3.22. The predicted octanol–water partition coefficient (Wildman–Crippen LogP) is 3.10. The average Bonchev–Trinajstić information content (AvgIpc) is 2.76. The van der Waals surface area contributed by atoms with E-state index in [9.17, 15) is 13.6 Å². The molecule has 0 radical (unpaired) electrons. The molecule has 3 N–H and O–H groups in total. The third-order valence-corrected chi connectivity index (χ3v) is 4.74. The first-order valence-corrected chi connectivity index (χ1v) is 10.2. The summed E-state index contributed by atoms with van der Waals surface area (Å²) >= 11 is 0. The normalized spacial score (nSPS) is 13.9. The number of para-hydroxylation sites is 1. The number of guanidine groups is 1. The molecule has 1 aliphatic rings. The van der Waals surface area contributed by atoms with Gasteiger partial charge in [0.1, 0.15) is 5.75 Å². The maximum Gasteiger partial charge on any atom is 0.387 e. The number of aliphatic imine (C=N–C) groups is 1. The first kappa shape index (κ1) is 25.6. The minimum Gasteiger partial charge on any atom is -0.434 e. The van der Waals surface area contributed by atoms with Crippen molar-refractivity contribution in [2.24, 2.45) is 4.99 Å². The van der Waals surface area contributed by atoms with Crippen molar-refractivity contribution in [1.29, 1.82) is 0 Å². The number of amides is 1. The molecule has 0 aliphatic carbocycles. The summed E-state index contributed by atoms with van der Waals surface area (Å²) in [5.41, 5.74) is 2.63. The van der Waals surface area contributed by atoms with E-state index in [0.29, 0.717) is 44.2 Å². The number of nitrogens with one attached hydrogen (secondary N) is 3. The Hall–Kier alpha value is -2.63. The molecule has 1 fully saturated rings. The highest BCUT2D eigenvalue weighted by Gasteiger charge is 2.16. The summed E-state index contributed by atoms with van der Waals surface area (Å²) in [6.07, 6.45) is 0. The number of halogens is 3. The van der Waals surface area contributed by atoms with Gasteiger partial charge in [-0.1, -0.05) is 30.3 Å². The van der Waals surface area contributed by atoms with E-state index in [1.807, 2.05) is 36.1 Å². The van der Waals surface area contributed by atoms with E-state index in [2.05, 4.69) is 25.7 Å². The van der Waals surface area contributed by atoms with E-state index in [1.54, 1.807) is 18.2 Å². The standard InChI is InChI=1S/C22H27F2N5O2.HI/c1-2-25-22(28-14-17-5-3-4-6-19(17)31-21(23)24)27-13-16-7-9-18(10-8-16)29-12-11-26-20(30)15-29;/h3-10,21H,2,11-15H2,1H3,(H,26,30)(H2,25,27,28);1H. The molecule has 1 heterocycles. The van der Waals surface area contributed by atoms with Crippen LogP contribution in [0.1, 0.15) is 18.1 Å². The molecule has 0 aromatic heterocycles. The molecule has 0 unspecified atom stereocenters. The van der Waals surface area contributed by atoms with Crippen molar-refractivity contribution in [3.63, 3.8) is 0 Å². The molecule has 2 aromatic rings. The number of nitrogens with zero attached hydrogens (tertiary/aromatic N) is 2. The lowest BCUT2D eigenvalue weighted by Crippen LogP contribution is -2.47. The van der Waals surface area contributed by atoms with Crippen LogP contribution < -0.4 is 25.6 Å². The maximum atomic E-state index is 12.6. The van der Waals surface area contributed by atoms with Gasteiger partial charge in [-0.25, -0.2) is 4.99 Å². The van der Waals surface area contributed by atoms with Crippen LogP contribution in [-0.2, 0) is 17.9 Å². The van der Waals surface area contributed by atoms with Crippen molar-refractivity contribution in [3.05, 3.63) is 59.7 Å². The number of carbonyl (C=O) groups excluding carboxylic acids is 1. The molecule has 32 heavy (non-hydrogen) atoms. The van der Waals surface area contributed by atoms with Crippen LogP contribution in [0, 0.1) is 0 Å². The summed E-state index contributed by atoms with van der Waals surface area (Å²) in [5, 5.41) is 9.12. The molecule has 2 aromatic carbocycles. The van der Waals surface area contributed by atoms with Gasteiger partial charge in [0.25, 0.3) is 0 Å². The van der Waals surface area contributed by atoms with Crippen LogP contribution >= 0.6 is 24.0 Å². The zero-order valence-electron chi connectivity index (χ0n) is 17.8. The van der Waals surface area contributed by atoms with E-state index >= 15 is 0 Å². The molecule has 0 saturated carbocycles. The third kappa shape index (κ3) is 7.81. The Morgan fingerprint density at radius 2 is 1.94 bits per heavy atom. The number of piperazine rings is 1. The highest BCUT2D eigenvalue weighted by atomic mass is 127. The Kier molecular flexibility index (Phi) is 10.4. The van der Waals surface area contributed by atoms with Crippen molar-refractivity contribution in [2.45, 2.75) is 26.6 Å². The molecular formula is C22H28F2IN5O2. The Morgan fingerprint density at radius 1 is 1.19 bits per heavy atom. The van der Waals surface area contributed by atoms with Crippen molar-refractivity contribution < 1.29 is 18.3 Å². The summed E-state index contributed by atoms with van der Waals surface area (Å²) < 4.78 is 29.8. The van der Waals surface area contributed by atoms with Crippen LogP contribution in [-0.4, -0.2) is 44.7 Å². The number of rotatable bonds is 8. The summed E-state index contributed by atoms with van der Waals surface area (Å²) in [7, 11) is 0. The second kappa shape index (κ2) is 13.0. The van der Waals surface area contributed by atoms with Crippen LogP contribution in [0.2, 0.25) is 0 Å². The fraction of sp³-hybridized carbons (Fsp3) is 0.364. The monoisotopic (exact) mass is 559 g/mol. The molecule has 0 bridgehead atoms. The maximum absolute atomic E-state index is 12.6. The lowest BCUT2D eigenvalue weighted by Gasteiger charge is -2.28. The summed E-state index contributed by atoms with van der Waals surface area (Å²) in [6, 6.07) is 14.6. The summed E-state index contributed by atoms with van der Waals surface area (Å²) in [5.74, 6) is 0.746.